The predicted molar refractivity (Wildman–Crippen MR) is 96.2 cm³/mol. The smallest absolute Gasteiger partial charge is 0.308 e. The fourth-order valence-electron chi connectivity index (χ4n) is 2.79. The molecule has 8 heteroatoms. The predicted octanol–water partition coefficient (Wildman–Crippen LogP) is 2.27. The van der Waals surface area contributed by atoms with E-state index in [-0.39, 0.29) is 17.4 Å². The first-order valence-electron chi connectivity index (χ1n) is 8.25. The molecule has 0 saturated carbocycles. The first-order valence-corrected chi connectivity index (χ1v) is 9.07. The van der Waals surface area contributed by atoms with E-state index < -0.39 is 17.1 Å². The van der Waals surface area contributed by atoms with Gasteiger partial charge in [-0.25, -0.2) is 0 Å². The van der Waals surface area contributed by atoms with E-state index in [9.17, 15) is 19.2 Å². The lowest BCUT2D eigenvalue weighted by Gasteiger charge is -2.18. The minimum Gasteiger partial charge on any atom is -0.427 e. The number of ether oxygens (including phenoxy) is 1. The Morgan fingerprint density at radius 1 is 1.15 bits per heavy atom. The molecule has 1 aromatic carbocycles. The molecule has 2 heterocycles. The van der Waals surface area contributed by atoms with Crippen molar-refractivity contribution >= 4 is 40.9 Å². The van der Waals surface area contributed by atoms with E-state index in [4.69, 9.17) is 4.74 Å². The summed E-state index contributed by atoms with van der Waals surface area (Å²) >= 11 is 0.818. The minimum absolute atomic E-state index is 0.197. The molecule has 0 bridgehead atoms. The number of thioether (sulfide) groups is 1. The molecule has 2 aliphatic heterocycles. The Labute approximate surface area is 155 Å². The van der Waals surface area contributed by atoms with E-state index in [1.165, 1.54) is 6.92 Å². The molecule has 26 heavy (non-hydrogen) atoms. The van der Waals surface area contributed by atoms with Gasteiger partial charge in [-0.15, -0.1) is 0 Å². The average molecular weight is 374 g/mol. The molecular formula is C18H18N2O5S. The lowest BCUT2D eigenvalue weighted by atomic mass is 10.2. The van der Waals surface area contributed by atoms with Gasteiger partial charge in [0.2, 0.25) is 5.91 Å². The van der Waals surface area contributed by atoms with Crippen LogP contribution in [0.2, 0.25) is 0 Å². The molecule has 136 valence electrons. The number of imide groups is 1. The van der Waals surface area contributed by atoms with Crippen molar-refractivity contribution in [2.45, 2.75) is 19.8 Å². The van der Waals surface area contributed by atoms with Gasteiger partial charge in [0.15, 0.2) is 0 Å². The summed E-state index contributed by atoms with van der Waals surface area (Å²) in [5, 5.41) is -0.440. The summed E-state index contributed by atoms with van der Waals surface area (Å²) in [7, 11) is 0. The summed E-state index contributed by atoms with van der Waals surface area (Å²) in [6.07, 6.45) is 3.50. The third-order valence-electron chi connectivity index (χ3n) is 4.07. The topological polar surface area (TPSA) is 84.0 Å². The summed E-state index contributed by atoms with van der Waals surface area (Å²) in [6.45, 7) is 2.46. The second-order valence-corrected chi connectivity index (χ2v) is 7.01. The summed E-state index contributed by atoms with van der Waals surface area (Å²) in [6, 6.07) is 6.58. The molecule has 2 fully saturated rings. The number of hydrogen-bond donors (Lipinski definition) is 0. The molecule has 3 rings (SSSR count). The second-order valence-electron chi connectivity index (χ2n) is 6.02. The number of amides is 3. The highest BCUT2D eigenvalue weighted by Gasteiger charge is 2.37. The maximum Gasteiger partial charge on any atom is 0.308 e. The van der Waals surface area contributed by atoms with Crippen LogP contribution < -0.4 is 4.74 Å². The Hall–Kier alpha value is -2.61. The molecule has 2 saturated heterocycles. The number of hydrogen-bond acceptors (Lipinski definition) is 6. The number of benzene rings is 1. The lowest BCUT2D eigenvalue weighted by Crippen LogP contribution is -2.40. The number of rotatable bonds is 4. The Bertz CT molecular complexity index is 781. The van der Waals surface area contributed by atoms with Crippen LogP contribution >= 0.6 is 11.8 Å². The van der Waals surface area contributed by atoms with Gasteiger partial charge >= 0.3 is 5.97 Å². The van der Waals surface area contributed by atoms with Crippen LogP contribution in [-0.2, 0) is 14.4 Å². The number of nitrogens with zero attached hydrogens (tertiary/aromatic N) is 2. The summed E-state index contributed by atoms with van der Waals surface area (Å²) in [4.78, 5) is 50.6. The van der Waals surface area contributed by atoms with Crippen molar-refractivity contribution < 1.29 is 23.9 Å². The van der Waals surface area contributed by atoms with Gasteiger partial charge in [0.25, 0.3) is 11.1 Å². The van der Waals surface area contributed by atoms with Crippen molar-refractivity contribution in [3.05, 3.63) is 34.7 Å². The molecule has 0 aliphatic carbocycles. The first-order chi connectivity index (χ1) is 12.4. The van der Waals surface area contributed by atoms with Crippen molar-refractivity contribution in [3.63, 3.8) is 0 Å². The third kappa shape index (κ3) is 4.13. The van der Waals surface area contributed by atoms with Gasteiger partial charge in [0.1, 0.15) is 12.3 Å². The first kappa shape index (κ1) is 18.2. The second kappa shape index (κ2) is 7.74. The van der Waals surface area contributed by atoms with Crippen LogP contribution in [0, 0.1) is 0 Å². The van der Waals surface area contributed by atoms with Crippen LogP contribution in [-0.4, -0.2) is 52.5 Å². The number of carbonyl (C=O) groups is 4. The molecule has 7 nitrogen and oxygen atoms in total. The number of esters is 1. The van der Waals surface area contributed by atoms with Crippen LogP contribution in [0.4, 0.5) is 4.79 Å². The van der Waals surface area contributed by atoms with Gasteiger partial charge in [0.05, 0.1) is 4.91 Å². The standard InChI is InChI=1S/C18H18N2O5S/c1-12(21)25-14-6-4-13(5-7-14)10-15-17(23)20(18(24)26-15)11-16(22)19-8-2-3-9-19/h4-7,10H,2-3,8-9,11H2,1H3/b15-10-. The highest BCUT2D eigenvalue weighted by atomic mass is 32.2. The van der Waals surface area contributed by atoms with E-state index in [1.54, 1.807) is 35.2 Å². The van der Waals surface area contributed by atoms with Crippen LogP contribution in [0.1, 0.15) is 25.3 Å². The average Bonchev–Trinajstić information content (AvgIpc) is 3.21. The normalized spacial score (nSPS) is 18.7. The summed E-state index contributed by atoms with van der Waals surface area (Å²) < 4.78 is 4.95. The van der Waals surface area contributed by atoms with Gasteiger partial charge in [0, 0.05) is 20.0 Å². The van der Waals surface area contributed by atoms with E-state index in [1.807, 2.05) is 0 Å². The quantitative estimate of drug-likeness (QED) is 0.457. The largest absolute Gasteiger partial charge is 0.427 e. The molecule has 0 atom stereocenters. The van der Waals surface area contributed by atoms with Gasteiger partial charge in [-0.3, -0.25) is 24.1 Å². The minimum atomic E-state index is -0.461. The van der Waals surface area contributed by atoms with Gasteiger partial charge in [-0.2, -0.15) is 0 Å². The number of likely N-dealkylation sites (tertiary alicyclic amines) is 1. The zero-order valence-electron chi connectivity index (χ0n) is 14.3. The van der Waals surface area contributed by atoms with Crippen molar-refractivity contribution in [1.29, 1.82) is 0 Å². The maximum atomic E-state index is 12.5. The van der Waals surface area contributed by atoms with Crippen molar-refractivity contribution in [2.24, 2.45) is 0 Å². The van der Waals surface area contributed by atoms with Gasteiger partial charge in [-0.05, 0) is 48.4 Å². The maximum absolute atomic E-state index is 12.5. The fraction of sp³-hybridized carbons (Fsp3) is 0.333. The third-order valence-corrected chi connectivity index (χ3v) is 4.97. The van der Waals surface area contributed by atoms with E-state index in [2.05, 4.69) is 0 Å². The van der Waals surface area contributed by atoms with Crippen molar-refractivity contribution in [3.8, 4) is 5.75 Å². The Morgan fingerprint density at radius 2 is 1.81 bits per heavy atom. The van der Waals surface area contributed by atoms with E-state index in [0.717, 1.165) is 29.5 Å². The molecule has 0 N–H and O–H groups in total. The molecule has 0 spiro atoms. The lowest BCUT2D eigenvalue weighted by molar-refractivity contribution is -0.135. The Kier molecular flexibility index (Phi) is 5.41. The van der Waals surface area contributed by atoms with Crippen LogP contribution in [0.5, 0.6) is 5.75 Å². The van der Waals surface area contributed by atoms with Gasteiger partial charge in [-0.1, -0.05) is 12.1 Å². The molecular weight excluding hydrogens is 356 g/mol. The van der Waals surface area contributed by atoms with E-state index >= 15 is 0 Å². The van der Waals surface area contributed by atoms with Crippen molar-refractivity contribution in [2.75, 3.05) is 19.6 Å². The zero-order valence-corrected chi connectivity index (χ0v) is 15.1. The molecule has 0 radical (unpaired) electrons. The Morgan fingerprint density at radius 3 is 2.42 bits per heavy atom. The Balaban J connectivity index is 1.68. The zero-order chi connectivity index (χ0) is 18.7. The SMILES string of the molecule is CC(=O)Oc1ccc(/C=C2\SC(=O)N(CC(=O)N3CCCC3)C2=O)cc1. The summed E-state index contributed by atoms with van der Waals surface area (Å²) in [5.74, 6) is -0.672. The van der Waals surface area contributed by atoms with Crippen LogP contribution in [0.3, 0.4) is 0 Å². The highest BCUT2D eigenvalue weighted by Crippen LogP contribution is 2.32. The van der Waals surface area contributed by atoms with Crippen LogP contribution in [0.15, 0.2) is 29.2 Å². The molecule has 0 aromatic heterocycles. The molecule has 1 aromatic rings. The fourth-order valence-corrected chi connectivity index (χ4v) is 3.63. The summed E-state index contributed by atoms with van der Waals surface area (Å²) in [5.41, 5.74) is 0.692. The van der Waals surface area contributed by atoms with Crippen LogP contribution in [0.25, 0.3) is 6.08 Å². The van der Waals surface area contributed by atoms with Gasteiger partial charge < -0.3 is 9.64 Å². The monoisotopic (exact) mass is 374 g/mol. The van der Waals surface area contributed by atoms with E-state index in [0.29, 0.717) is 24.4 Å². The highest BCUT2D eigenvalue weighted by molar-refractivity contribution is 8.18. The molecule has 3 amide bonds. The number of carbonyl (C=O) groups excluding carboxylic acids is 4. The molecule has 2 aliphatic rings. The van der Waals surface area contributed by atoms with Crippen molar-refractivity contribution in [1.82, 2.24) is 9.80 Å². The molecule has 0 unspecified atom stereocenters.